The van der Waals surface area contributed by atoms with E-state index >= 15 is 0 Å². The number of nitro groups is 1. The number of aromatic nitrogens is 2. The van der Waals surface area contributed by atoms with Crippen LogP contribution in [0.3, 0.4) is 0 Å². The highest BCUT2D eigenvalue weighted by atomic mass is 32.1. The second-order valence-electron chi connectivity index (χ2n) is 6.26. The molecular formula is C17H19N5O4S. The van der Waals surface area contributed by atoms with Crippen molar-refractivity contribution in [1.82, 2.24) is 15.0 Å². The number of nitrogens with one attached hydrogen (secondary N) is 2. The highest BCUT2D eigenvalue weighted by molar-refractivity contribution is 7.71. The standard InChI is InChI=1S/C17H19N5O4S/c1-2-3-8-21-16(24)14(15(23)18-17(21)27)13-9-12(19-20-13)10-4-6-11(7-5-10)22(25)26/h4-7,12,19,24H,2-3,8-9H2,1H3,(H,18,23,27)/t12-/m1/s1. The number of hydrogen-bond acceptors (Lipinski definition) is 7. The molecule has 2 heterocycles. The Labute approximate surface area is 159 Å². The van der Waals surface area contributed by atoms with Crippen molar-refractivity contribution in [2.75, 3.05) is 0 Å². The number of H-pyrrole nitrogens is 1. The lowest BCUT2D eigenvalue weighted by molar-refractivity contribution is -0.384. The summed E-state index contributed by atoms with van der Waals surface area (Å²) in [6, 6.07) is 5.89. The molecule has 1 aromatic carbocycles. The summed E-state index contributed by atoms with van der Waals surface area (Å²) in [6.07, 6.45) is 2.09. The molecule has 9 nitrogen and oxygen atoms in total. The molecule has 27 heavy (non-hydrogen) atoms. The molecule has 1 atom stereocenters. The Morgan fingerprint density at radius 1 is 1.41 bits per heavy atom. The van der Waals surface area contributed by atoms with E-state index in [0.717, 1.165) is 18.4 Å². The Kier molecular flexibility index (Phi) is 5.36. The monoisotopic (exact) mass is 389 g/mol. The molecule has 0 bridgehead atoms. The van der Waals surface area contributed by atoms with E-state index in [0.29, 0.717) is 18.7 Å². The van der Waals surface area contributed by atoms with E-state index in [1.165, 1.54) is 16.7 Å². The number of unbranched alkanes of at least 4 members (excludes halogenated alkanes) is 1. The Bertz CT molecular complexity index is 1010. The smallest absolute Gasteiger partial charge is 0.269 e. The van der Waals surface area contributed by atoms with E-state index in [1.807, 2.05) is 6.92 Å². The number of hydrogen-bond donors (Lipinski definition) is 3. The highest BCUT2D eigenvalue weighted by Gasteiger charge is 2.27. The molecule has 0 unspecified atom stereocenters. The minimum absolute atomic E-state index is 0.00461. The van der Waals surface area contributed by atoms with Gasteiger partial charge in [-0.1, -0.05) is 25.5 Å². The van der Waals surface area contributed by atoms with Gasteiger partial charge in [0.25, 0.3) is 11.2 Å². The van der Waals surface area contributed by atoms with Crippen molar-refractivity contribution < 1.29 is 10.0 Å². The molecule has 0 radical (unpaired) electrons. The Balaban J connectivity index is 1.87. The quantitative estimate of drug-likeness (QED) is 0.396. The minimum Gasteiger partial charge on any atom is -0.494 e. The van der Waals surface area contributed by atoms with Gasteiger partial charge in [-0.2, -0.15) is 5.10 Å². The van der Waals surface area contributed by atoms with Gasteiger partial charge in [0.2, 0.25) is 5.88 Å². The Hall–Kier alpha value is -3.01. The maximum Gasteiger partial charge on any atom is 0.269 e. The van der Waals surface area contributed by atoms with Gasteiger partial charge in [-0.05, 0) is 24.2 Å². The third-order valence-corrected chi connectivity index (χ3v) is 4.78. The third-order valence-electron chi connectivity index (χ3n) is 4.45. The molecule has 0 fully saturated rings. The van der Waals surface area contributed by atoms with Gasteiger partial charge in [0, 0.05) is 25.1 Å². The van der Waals surface area contributed by atoms with E-state index in [4.69, 9.17) is 12.2 Å². The first-order valence-corrected chi connectivity index (χ1v) is 8.96. The van der Waals surface area contributed by atoms with Crippen LogP contribution in [0.2, 0.25) is 0 Å². The van der Waals surface area contributed by atoms with E-state index in [2.05, 4.69) is 15.5 Å². The molecule has 10 heteroatoms. The zero-order chi connectivity index (χ0) is 19.6. The number of benzene rings is 1. The van der Waals surface area contributed by atoms with Crippen molar-refractivity contribution in [1.29, 1.82) is 0 Å². The van der Waals surface area contributed by atoms with Gasteiger partial charge in [-0.3, -0.25) is 24.5 Å². The highest BCUT2D eigenvalue weighted by Crippen LogP contribution is 2.27. The van der Waals surface area contributed by atoms with Crippen LogP contribution in [0.15, 0.2) is 34.2 Å². The number of nitrogens with zero attached hydrogens (tertiary/aromatic N) is 3. The van der Waals surface area contributed by atoms with Crippen LogP contribution in [0.25, 0.3) is 0 Å². The lowest BCUT2D eigenvalue weighted by atomic mass is 10.00. The number of nitro benzene ring substituents is 1. The average molecular weight is 389 g/mol. The fourth-order valence-electron chi connectivity index (χ4n) is 2.96. The lowest BCUT2D eigenvalue weighted by Gasteiger charge is -2.12. The first-order valence-electron chi connectivity index (χ1n) is 8.55. The van der Waals surface area contributed by atoms with Crippen LogP contribution in [-0.2, 0) is 6.54 Å². The van der Waals surface area contributed by atoms with E-state index in [9.17, 15) is 20.0 Å². The minimum atomic E-state index is -0.491. The molecule has 0 amide bonds. The average Bonchev–Trinajstić information content (AvgIpc) is 3.11. The molecule has 1 aliphatic rings. The van der Waals surface area contributed by atoms with Crippen LogP contribution in [-0.4, -0.2) is 25.3 Å². The van der Waals surface area contributed by atoms with Crippen molar-refractivity contribution in [3.63, 3.8) is 0 Å². The van der Waals surface area contributed by atoms with Crippen LogP contribution < -0.4 is 11.0 Å². The summed E-state index contributed by atoms with van der Waals surface area (Å²) < 4.78 is 1.67. The van der Waals surface area contributed by atoms with Crippen molar-refractivity contribution in [3.8, 4) is 5.88 Å². The molecule has 3 N–H and O–H groups in total. The molecule has 3 rings (SSSR count). The number of non-ortho nitro benzene ring substituents is 1. The largest absolute Gasteiger partial charge is 0.494 e. The van der Waals surface area contributed by atoms with Gasteiger partial charge >= 0.3 is 0 Å². The number of aromatic amines is 1. The number of aromatic hydroxyl groups is 1. The van der Waals surface area contributed by atoms with Gasteiger partial charge in [0.15, 0.2) is 4.77 Å². The summed E-state index contributed by atoms with van der Waals surface area (Å²) in [6.45, 7) is 2.52. The molecule has 0 saturated carbocycles. The summed E-state index contributed by atoms with van der Waals surface area (Å²) in [4.78, 5) is 25.3. The maximum atomic E-state index is 12.4. The van der Waals surface area contributed by atoms with Gasteiger partial charge in [0.1, 0.15) is 5.56 Å². The topological polar surface area (TPSA) is 126 Å². The van der Waals surface area contributed by atoms with Crippen LogP contribution in [0.1, 0.15) is 43.4 Å². The normalized spacial score (nSPS) is 16.0. The zero-order valence-electron chi connectivity index (χ0n) is 14.6. The summed E-state index contributed by atoms with van der Waals surface area (Å²) in [5.74, 6) is -0.193. The van der Waals surface area contributed by atoms with Gasteiger partial charge in [-0.25, -0.2) is 0 Å². The van der Waals surface area contributed by atoms with Crippen LogP contribution in [0.4, 0.5) is 5.69 Å². The van der Waals surface area contributed by atoms with Crippen molar-refractivity contribution in [3.05, 3.63) is 60.6 Å². The molecule has 1 aliphatic heterocycles. The van der Waals surface area contributed by atoms with Gasteiger partial charge in [-0.15, -0.1) is 0 Å². The van der Waals surface area contributed by atoms with E-state index < -0.39 is 10.5 Å². The van der Waals surface area contributed by atoms with Gasteiger partial charge in [0.05, 0.1) is 16.7 Å². The summed E-state index contributed by atoms with van der Waals surface area (Å²) >= 11 is 5.14. The van der Waals surface area contributed by atoms with Crippen molar-refractivity contribution in [2.45, 2.75) is 38.8 Å². The predicted octanol–water partition coefficient (Wildman–Crippen LogP) is 2.76. The van der Waals surface area contributed by atoms with Crippen molar-refractivity contribution in [2.24, 2.45) is 5.10 Å². The van der Waals surface area contributed by atoms with Crippen LogP contribution in [0.5, 0.6) is 5.88 Å². The number of rotatable bonds is 6. The first kappa shape index (κ1) is 18.8. The zero-order valence-corrected chi connectivity index (χ0v) is 15.5. The fraction of sp³-hybridized carbons (Fsp3) is 0.353. The summed E-state index contributed by atoms with van der Waals surface area (Å²) in [5, 5.41) is 25.6. The molecule has 0 saturated heterocycles. The lowest BCUT2D eigenvalue weighted by Crippen LogP contribution is -2.22. The molecule has 0 aliphatic carbocycles. The number of hydrazone groups is 1. The van der Waals surface area contributed by atoms with Crippen LogP contribution in [0, 0.1) is 14.9 Å². The summed E-state index contributed by atoms with van der Waals surface area (Å²) in [7, 11) is 0. The summed E-state index contributed by atoms with van der Waals surface area (Å²) in [5.41, 5.74) is 3.74. The van der Waals surface area contributed by atoms with Crippen molar-refractivity contribution >= 4 is 23.6 Å². The second kappa shape index (κ2) is 7.70. The fourth-order valence-corrected chi connectivity index (χ4v) is 3.23. The van der Waals surface area contributed by atoms with E-state index in [1.54, 1.807) is 12.1 Å². The molecule has 142 valence electrons. The maximum absolute atomic E-state index is 12.4. The Morgan fingerprint density at radius 2 is 2.11 bits per heavy atom. The molecular weight excluding hydrogens is 370 g/mol. The first-order chi connectivity index (χ1) is 12.9. The predicted molar refractivity (Wildman–Crippen MR) is 103 cm³/mol. The molecule has 1 aromatic heterocycles. The second-order valence-corrected chi connectivity index (χ2v) is 6.64. The SMILES string of the molecule is CCCCn1c(O)c(C2=NN[C@@H](c3ccc([N+](=O)[O-])cc3)C2)c(=O)[nH]c1=S. The Morgan fingerprint density at radius 3 is 2.74 bits per heavy atom. The third kappa shape index (κ3) is 3.75. The van der Waals surface area contributed by atoms with E-state index in [-0.39, 0.29) is 27.9 Å². The molecule has 0 spiro atoms. The molecule has 2 aromatic rings. The van der Waals surface area contributed by atoms with Crippen LogP contribution >= 0.6 is 12.2 Å². The van der Waals surface area contributed by atoms with Gasteiger partial charge < -0.3 is 10.5 Å².